The van der Waals surface area contributed by atoms with Gasteiger partial charge in [-0.3, -0.25) is 9.69 Å². The maximum Gasteiger partial charge on any atom is 0.238 e. The summed E-state index contributed by atoms with van der Waals surface area (Å²) in [5.74, 6) is 0.544. The van der Waals surface area contributed by atoms with Crippen molar-refractivity contribution in [2.24, 2.45) is 0 Å². The Balaban J connectivity index is 1.59. The Morgan fingerprint density at radius 1 is 1.17 bits per heavy atom. The summed E-state index contributed by atoms with van der Waals surface area (Å²) in [5, 5.41) is 3.01. The number of fused-ring (bicyclic) bond motifs is 1. The van der Waals surface area contributed by atoms with Gasteiger partial charge in [0.2, 0.25) is 5.91 Å². The zero-order valence-electron chi connectivity index (χ0n) is 14.8. The molecule has 0 aliphatic heterocycles. The number of nitrogens with zero attached hydrogens (tertiary/aromatic N) is 1. The van der Waals surface area contributed by atoms with Crippen LogP contribution in [0.25, 0.3) is 0 Å². The molecule has 126 valence electrons. The van der Waals surface area contributed by atoms with E-state index in [1.165, 1.54) is 16.7 Å². The van der Waals surface area contributed by atoms with Gasteiger partial charge in [-0.2, -0.15) is 0 Å². The average molecular weight is 322 g/mol. The highest BCUT2D eigenvalue weighted by molar-refractivity contribution is 5.92. The fourth-order valence-corrected chi connectivity index (χ4v) is 3.48. The summed E-state index contributed by atoms with van der Waals surface area (Å²) in [6.45, 7) is 4.74. The van der Waals surface area contributed by atoms with E-state index < -0.39 is 0 Å². The van der Waals surface area contributed by atoms with Crippen molar-refractivity contribution in [3.05, 3.63) is 65.2 Å². The second-order valence-corrected chi connectivity index (χ2v) is 6.99. The Hall–Kier alpha value is -2.13. The number of carbonyl (C=O) groups is 1. The first-order valence-electron chi connectivity index (χ1n) is 8.72. The number of aryl methyl sites for hydroxylation is 1. The van der Waals surface area contributed by atoms with Crippen LogP contribution in [-0.4, -0.2) is 24.4 Å². The SMILES string of the molecule is CC(C)c1ccc(NC(=O)CN(C)C2CCc3ccccc32)cc1. The van der Waals surface area contributed by atoms with Crippen LogP contribution in [-0.2, 0) is 11.2 Å². The van der Waals surface area contributed by atoms with Gasteiger partial charge in [-0.1, -0.05) is 50.2 Å². The van der Waals surface area contributed by atoms with Gasteiger partial charge < -0.3 is 5.32 Å². The van der Waals surface area contributed by atoms with E-state index in [0.29, 0.717) is 18.5 Å². The van der Waals surface area contributed by atoms with Gasteiger partial charge in [0.05, 0.1) is 6.54 Å². The van der Waals surface area contributed by atoms with Crippen LogP contribution in [0.2, 0.25) is 0 Å². The first-order chi connectivity index (χ1) is 11.5. The average Bonchev–Trinajstić information content (AvgIpc) is 2.99. The summed E-state index contributed by atoms with van der Waals surface area (Å²) in [5.41, 5.74) is 4.94. The third-order valence-corrected chi connectivity index (χ3v) is 4.89. The minimum atomic E-state index is 0.0409. The molecule has 0 saturated carbocycles. The van der Waals surface area contributed by atoms with Crippen molar-refractivity contribution in [1.82, 2.24) is 4.90 Å². The number of rotatable bonds is 5. The van der Waals surface area contributed by atoms with Crippen molar-refractivity contribution in [3.63, 3.8) is 0 Å². The zero-order chi connectivity index (χ0) is 17.1. The fourth-order valence-electron chi connectivity index (χ4n) is 3.48. The Morgan fingerprint density at radius 2 is 1.88 bits per heavy atom. The van der Waals surface area contributed by atoms with Crippen LogP contribution in [0.4, 0.5) is 5.69 Å². The van der Waals surface area contributed by atoms with Crippen LogP contribution in [0.15, 0.2) is 48.5 Å². The van der Waals surface area contributed by atoms with Gasteiger partial charge in [0.25, 0.3) is 0 Å². The monoisotopic (exact) mass is 322 g/mol. The van der Waals surface area contributed by atoms with Crippen LogP contribution < -0.4 is 5.32 Å². The summed E-state index contributed by atoms with van der Waals surface area (Å²) >= 11 is 0. The van der Waals surface area contributed by atoms with E-state index >= 15 is 0 Å². The van der Waals surface area contributed by atoms with Crippen molar-refractivity contribution >= 4 is 11.6 Å². The molecule has 0 aromatic heterocycles. The molecule has 1 aliphatic carbocycles. The van der Waals surface area contributed by atoms with Gasteiger partial charge in [-0.25, -0.2) is 0 Å². The molecule has 1 amide bonds. The Morgan fingerprint density at radius 3 is 2.58 bits per heavy atom. The summed E-state index contributed by atoms with van der Waals surface area (Å²) in [6.07, 6.45) is 2.19. The largest absolute Gasteiger partial charge is 0.325 e. The van der Waals surface area contributed by atoms with E-state index in [9.17, 15) is 4.79 Å². The van der Waals surface area contributed by atoms with Crippen molar-refractivity contribution in [2.45, 2.75) is 38.6 Å². The lowest BCUT2D eigenvalue weighted by atomic mass is 10.0. The molecule has 1 atom stereocenters. The molecule has 0 fully saturated rings. The van der Waals surface area contributed by atoms with Gasteiger partial charge in [-0.15, -0.1) is 0 Å². The molecule has 3 heteroatoms. The van der Waals surface area contributed by atoms with E-state index in [1.807, 2.05) is 19.2 Å². The first kappa shape index (κ1) is 16.7. The fraction of sp³-hybridized carbons (Fsp3) is 0.381. The van der Waals surface area contributed by atoms with Gasteiger partial charge in [0.15, 0.2) is 0 Å². The molecular weight excluding hydrogens is 296 g/mol. The molecule has 0 saturated heterocycles. The Bertz CT molecular complexity index is 706. The first-order valence-corrected chi connectivity index (χ1v) is 8.72. The van der Waals surface area contributed by atoms with Gasteiger partial charge >= 0.3 is 0 Å². The lowest BCUT2D eigenvalue weighted by molar-refractivity contribution is -0.117. The Labute approximate surface area is 144 Å². The molecule has 2 aromatic rings. The molecule has 1 unspecified atom stereocenters. The Kier molecular flexibility index (Phi) is 5.00. The number of benzene rings is 2. The van der Waals surface area contributed by atoms with Gasteiger partial charge in [0, 0.05) is 11.7 Å². The van der Waals surface area contributed by atoms with Crippen molar-refractivity contribution in [1.29, 1.82) is 0 Å². The highest BCUT2D eigenvalue weighted by Gasteiger charge is 2.26. The maximum absolute atomic E-state index is 12.4. The lowest BCUT2D eigenvalue weighted by Gasteiger charge is -2.24. The molecule has 0 heterocycles. The van der Waals surface area contributed by atoms with E-state index in [0.717, 1.165) is 18.5 Å². The van der Waals surface area contributed by atoms with Crippen LogP contribution in [0.1, 0.15) is 48.9 Å². The van der Waals surface area contributed by atoms with E-state index in [4.69, 9.17) is 0 Å². The quantitative estimate of drug-likeness (QED) is 0.886. The predicted molar refractivity (Wildman–Crippen MR) is 99.3 cm³/mol. The molecular formula is C21H26N2O. The van der Waals surface area contributed by atoms with E-state index in [2.05, 4.69) is 60.5 Å². The standard InChI is InChI=1S/C21H26N2O/c1-15(2)16-8-11-18(12-9-16)22-21(24)14-23(3)20-13-10-17-6-4-5-7-19(17)20/h4-9,11-12,15,20H,10,13-14H2,1-3H3,(H,22,24). The predicted octanol–water partition coefficient (Wildman–Crippen LogP) is 4.37. The van der Waals surface area contributed by atoms with Gasteiger partial charge in [-0.05, 0) is 54.6 Å². The smallest absolute Gasteiger partial charge is 0.238 e. The number of likely N-dealkylation sites (N-methyl/N-ethyl adjacent to an activating group) is 1. The normalized spacial score (nSPS) is 16.5. The molecule has 0 radical (unpaired) electrons. The van der Waals surface area contributed by atoms with E-state index in [1.54, 1.807) is 0 Å². The van der Waals surface area contributed by atoms with Gasteiger partial charge in [0.1, 0.15) is 0 Å². The highest BCUT2D eigenvalue weighted by Crippen LogP contribution is 2.34. The third kappa shape index (κ3) is 3.68. The third-order valence-electron chi connectivity index (χ3n) is 4.89. The second kappa shape index (κ2) is 7.18. The number of hydrogen-bond donors (Lipinski definition) is 1. The van der Waals surface area contributed by atoms with Crippen LogP contribution in [0.3, 0.4) is 0 Å². The van der Waals surface area contributed by atoms with Crippen LogP contribution in [0, 0.1) is 0 Å². The second-order valence-electron chi connectivity index (χ2n) is 6.99. The molecule has 1 N–H and O–H groups in total. The molecule has 3 rings (SSSR count). The van der Waals surface area contributed by atoms with Crippen LogP contribution in [0.5, 0.6) is 0 Å². The topological polar surface area (TPSA) is 32.3 Å². The number of hydrogen-bond acceptors (Lipinski definition) is 2. The molecule has 0 bridgehead atoms. The van der Waals surface area contributed by atoms with Crippen molar-refractivity contribution in [2.75, 3.05) is 18.9 Å². The van der Waals surface area contributed by atoms with E-state index in [-0.39, 0.29) is 5.91 Å². The highest BCUT2D eigenvalue weighted by atomic mass is 16.2. The summed E-state index contributed by atoms with van der Waals surface area (Å²) in [6, 6.07) is 17.0. The molecule has 3 nitrogen and oxygen atoms in total. The lowest BCUT2D eigenvalue weighted by Crippen LogP contribution is -2.32. The molecule has 24 heavy (non-hydrogen) atoms. The number of carbonyl (C=O) groups excluding carboxylic acids is 1. The molecule has 1 aliphatic rings. The molecule has 0 spiro atoms. The minimum Gasteiger partial charge on any atom is -0.325 e. The van der Waals surface area contributed by atoms with Crippen molar-refractivity contribution < 1.29 is 4.79 Å². The number of nitrogens with one attached hydrogen (secondary N) is 1. The molecule has 2 aromatic carbocycles. The maximum atomic E-state index is 12.4. The number of anilines is 1. The zero-order valence-corrected chi connectivity index (χ0v) is 14.8. The van der Waals surface area contributed by atoms with Crippen molar-refractivity contribution in [3.8, 4) is 0 Å². The minimum absolute atomic E-state index is 0.0409. The summed E-state index contributed by atoms with van der Waals surface area (Å²) in [7, 11) is 2.04. The number of amides is 1. The summed E-state index contributed by atoms with van der Waals surface area (Å²) < 4.78 is 0. The summed E-state index contributed by atoms with van der Waals surface area (Å²) in [4.78, 5) is 14.5. The van der Waals surface area contributed by atoms with Crippen LogP contribution >= 0.6 is 0 Å².